The molecule has 134 valence electrons. The van der Waals surface area contributed by atoms with Crippen molar-refractivity contribution in [2.24, 2.45) is 0 Å². The third-order valence-corrected chi connectivity index (χ3v) is 5.40. The van der Waals surface area contributed by atoms with Crippen molar-refractivity contribution in [3.05, 3.63) is 70.5 Å². The van der Waals surface area contributed by atoms with Crippen LogP contribution >= 0.6 is 0 Å². The number of hydrogen-bond donors (Lipinski definition) is 0. The molecule has 2 aromatic carbocycles. The molecule has 25 heavy (non-hydrogen) atoms. The van der Waals surface area contributed by atoms with Crippen molar-refractivity contribution >= 4 is 15.7 Å². The lowest BCUT2D eigenvalue weighted by atomic mass is 10.1. The number of nitrogens with zero attached hydrogens (tertiary/aromatic N) is 1. The van der Waals surface area contributed by atoms with E-state index in [1.165, 1.54) is 24.1 Å². The molecule has 1 amide bonds. The predicted molar refractivity (Wildman–Crippen MR) is 96.3 cm³/mol. The van der Waals surface area contributed by atoms with Crippen LogP contribution in [0.3, 0.4) is 0 Å². The minimum Gasteiger partial charge on any atom is -0.341 e. The van der Waals surface area contributed by atoms with Crippen LogP contribution in [0.15, 0.2) is 42.5 Å². The van der Waals surface area contributed by atoms with Gasteiger partial charge in [0.05, 0.1) is 5.75 Å². The third kappa shape index (κ3) is 5.67. The Bertz CT molecular complexity index is 878. The molecule has 0 radical (unpaired) electrons. The summed E-state index contributed by atoms with van der Waals surface area (Å²) in [6.07, 6.45) is 0. The van der Waals surface area contributed by atoms with E-state index < -0.39 is 21.5 Å². The zero-order valence-corrected chi connectivity index (χ0v) is 15.4. The van der Waals surface area contributed by atoms with Crippen LogP contribution in [0.4, 0.5) is 4.39 Å². The van der Waals surface area contributed by atoms with Crippen LogP contribution < -0.4 is 0 Å². The summed E-state index contributed by atoms with van der Waals surface area (Å²) in [5.41, 5.74) is 3.18. The second-order valence-corrected chi connectivity index (χ2v) is 8.41. The summed E-state index contributed by atoms with van der Waals surface area (Å²) in [4.78, 5) is 13.5. The molecule has 0 unspecified atom stereocenters. The Morgan fingerprint density at radius 2 is 1.84 bits per heavy atom. The van der Waals surface area contributed by atoms with Crippen molar-refractivity contribution in [1.29, 1.82) is 0 Å². The molecule has 6 heteroatoms. The van der Waals surface area contributed by atoms with Crippen LogP contribution in [0.1, 0.15) is 22.3 Å². The van der Waals surface area contributed by atoms with Crippen LogP contribution in [0.2, 0.25) is 0 Å². The molecule has 0 spiro atoms. The molecule has 2 rings (SSSR count). The Kier molecular flexibility index (Phi) is 5.95. The standard InChI is InChI=1S/C19H22FNO3S/c1-14-7-8-15(2)17(9-14)12-25(23,24)13-19(22)21(3)11-16-5-4-6-18(20)10-16/h4-10H,11-13H2,1-3H3. The lowest BCUT2D eigenvalue weighted by Gasteiger charge is -2.17. The summed E-state index contributed by atoms with van der Waals surface area (Å²) < 4.78 is 38.0. The molecule has 0 saturated heterocycles. The van der Waals surface area contributed by atoms with E-state index >= 15 is 0 Å². The van der Waals surface area contributed by atoms with E-state index in [4.69, 9.17) is 0 Å². The lowest BCUT2D eigenvalue weighted by Crippen LogP contribution is -2.32. The maximum Gasteiger partial charge on any atom is 0.237 e. The van der Waals surface area contributed by atoms with Gasteiger partial charge in [0, 0.05) is 13.6 Å². The van der Waals surface area contributed by atoms with Gasteiger partial charge in [-0.25, -0.2) is 12.8 Å². The van der Waals surface area contributed by atoms with E-state index in [2.05, 4.69) is 0 Å². The van der Waals surface area contributed by atoms with Crippen LogP contribution in [0, 0.1) is 19.7 Å². The maximum absolute atomic E-state index is 13.2. The third-order valence-electron chi connectivity index (χ3n) is 3.96. The summed E-state index contributed by atoms with van der Waals surface area (Å²) >= 11 is 0. The van der Waals surface area contributed by atoms with E-state index in [9.17, 15) is 17.6 Å². The lowest BCUT2D eigenvalue weighted by molar-refractivity contribution is -0.127. The van der Waals surface area contributed by atoms with Gasteiger partial charge in [-0.3, -0.25) is 4.79 Å². The Balaban J connectivity index is 2.03. The average Bonchev–Trinajstić information content (AvgIpc) is 2.50. The summed E-state index contributed by atoms with van der Waals surface area (Å²) in [7, 11) is -2.07. The first-order valence-electron chi connectivity index (χ1n) is 7.91. The monoisotopic (exact) mass is 363 g/mol. The number of hydrogen-bond acceptors (Lipinski definition) is 3. The summed E-state index contributed by atoms with van der Waals surface area (Å²) in [5, 5.41) is 0. The molecular formula is C19H22FNO3S. The number of aryl methyl sites for hydroxylation is 2. The van der Waals surface area contributed by atoms with Crippen LogP contribution in [0.25, 0.3) is 0 Å². The van der Waals surface area contributed by atoms with Gasteiger partial charge in [0.15, 0.2) is 9.84 Å². The molecule has 0 aliphatic carbocycles. The number of benzene rings is 2. The van der Waals surface area contributed by atoms with Gasteiger partial charge in [0.2, 0.25) is 5.91 Å². The van der Waals surface area contributed by atoms with Gasteiger partial charge in [-0.05, 0) is 42.7 Å². The molecule has 0 bridgehead atoms. The van der Waals surface area contributed by atoms with E-state index in [1.807, 2.05) is 32.0 Å². The molecule has 0 aliphatic heterocycles. The number of rotatable bonds is 6. The minimum atomic E-state index is -3.58. The highest BCUT2D eigenvalue weighted by Crippen LogP contribution is 2.15. The van der Waals surface area contributed by atoms with Crippen molar-refractivity contribution in [2.75, 3.05) is 12.8 Å². The molecule has 0 atom stereocenters. The number of halogens is 1. The minimum absolute atomic E-state index is 0.162. The predicted octanol–water partition coefficient (Wildman–Crippen LogP) is 3.02. The first-order chi connectivity index (χ1) is 11.7. The Morgan fingerprint density at radius 3 is 2.52 bits per heavy atom. The second kappa shape index (κ2) is 7.78. The average molecular weight is 363 g/mol. The highest BCUT2D eigenvalue weighted by atomic mass is 32.2. The van der Waals surface area contributed by atoms with Crippen molar-refractivity contribution in [3.8, 4) is 0 Å². The van der Waals surface area contributed by atoms with Crippen molar-refractivity contribution in [2.45, 2.75) is 26.1 Å². The smallest absolute Gasteiger partial charge is 0.237 e. The van der Waals surface area contributed by atoms with Gasteiger partial charge in [0.25, 0.3) is 0 Å². The molecule has 0 saturated carbocycles. The molecular weight excluding hydrogens is 341 g/mol. The summed E-state index contributed by atoms with van der Waals surface area (Å²) in [5.74, 6) is -1.62. The number of amides is 1. The highest BCUT2D eigenvalue weighted by molar-refractivity contribution is 7.91. The largest absolute Gasteiger partial charge is 0.341 e. The Hall–Kier alpha value is -2.21. The summed E-state index contributed by atoms with van der Waals surface area (Å²) in [6, 6.07) is 11.5. The first kappa shape index (κ1) is 19.1. The number of sulfone groups is 1. The summed E-state index contributed by atoms with van der Waals surface area (Å²) in [6.45, 7) is 3.91. The maximum atomic E-state index is 13.2. The fourth-order valence-electron chi connectivity index (χ4n) is 2.54. The van der Waals surface area contributed by atoms with Crippen molar-refractivity contribution < 1.29 is 17.6 Å². The SMILES string of the molecule is Cc1ccc(C)c(CS(=O)(=O)CC(=O)N(C)Cc2cccc(F)c2)c1. The molecule has 0 N–H and O–H groups in total. The van der Waals surface area contributed by atoms with Gasteiger partial charge in [-0.15, -0.1) is 0 Å². The van der Waals surface area contributed by atoms with Gasteiger partial charge in [-0.2, -0.15) is 0 Å². The molecule has 0 heterocycles. The second-order valence-electron chi connectivity index (χ2n) is 6.34. The van der Waals surface area contributed by atoms with E-state index in [-0.39, 0.29) is 18.1 Å². The zero-order valence-electron chi connectivity index (χ0n) is 14.6. The van der Waals surface area contributed by atoms with Gasteiger partial charge in [-0.1, -0.05) is 35.9 Å². The number of carbonyl (C=O) groups excluding carboxylic acids is 1. The fourth-order valence-corrected chi connectivity index (χ4v) is 4.02. The van der Waals surface area contributed by atoms with E-state index in [0.717, 1.165) is 11.1 Å². The quantitative estimate of drug-likeness (QED) is 0.793. The Morgan fingerprint density at radius 1 is 1.12 bits per heavy atom. The number of carbonyl (C=O) groups is 1. The van der Waals surface area contributed by atoms with Crippen molar-refractivity contribution in [3.63, 3.8) is 0 Å². The molecule has 0 fully saturated rings. The highest BCUT2D eigenvalue weighted by Gasteiger charge is 2.21. The van der Waals surface area contributed by atoms with E-state index in [0.29, 0.717) is 11.1 Å². The first-order valence-corrected chi connectivity index (χ1v) is 9.73. The van der Waals surface area contributed by atoms with E-state index in [1.54, 1.807) is 12.1 Å². The van der Waals surface area contributed by atoms with Crippen molar-refractivity contribution in [1.82, 2.24) is 4.90 Å². The van der Waals surface area contributed by atoms with Gasteiger partial charge >= 0.3 is 0 Å². The Labute approximate surface area is 148 Å². The molecule has 4 nitrogen and oxygen atoms in total. The van der Waals surface area contributed by atoms with Crippen LogP contribution in [-0.4, -0.2) is 32.0 Å². The fraction of sp³-hybridized carbons (Fsp3) is 0.316. The van der Waals surface area contributed by atoms with Gasteiger partial charge < -0.3 is 4.90 Å². The molecule has 2 aromatic rings. The molecule has 0 aromatic heterocycles. The topological polar surface area (TPSA) is 54.5 Å². The normalized spacial score (nSPS) is 11.4. The zero-order chi connectivity index (χ0) is 18.6. The molecule has 0 aliphatic rings. The van der Waals surface area contributed by atoms with Gasteiger partial charge in [0.1, 0.15) is 11.6 Å². The van der Waals surface area contributed by atoms with Crippen LogP contribution in [0.5, 0.6) is 0 Å². The van der Waals surface area contributed by atoms with Crippen LogP contribution in [-0.2, 0) is 26.9 Å².